The predicted octanol–water partition coefficient (Wildman–Crippen LogP) is 3.10. The average Bonchev–Trinajstić information content (AvgIpc) is 2.26. The maximum atomic E-state index is 5.89. The zero-order valence-corrected chi connectivity index (χ0v) is 11.8. The molecule has 0 aliphatic heterocycles. The molecule has 4 heteroatoms. The Balaban J connectivity index is 2.21. The molecule has 0 saturated heterocycles. The third-order valence-corrected chi connectivity index (χ3v) is 2.81. The van der Waals surface area contributed by atoms with Gasteiger partial charge in [-0.1, -0.05) is 6.92 Å². The Bertz CT molecular complexity index is 318. The molecule has 0 spiro atoms. The molecular formula is C12H19IN2O. The maximum absolute atomic E-state index is 5.89. The highest BCUT2D eigenvalue weighted by molar-refractivity contribution is 14.1. The molecule has 0 unspecified atom stereocenters. The van der Waals surface area contributed by atoms with E-state index in [1.807, 2.05) is 18.2 Å². The first-order chi connectivity index (χ1) is 7.74. The van der Waals surface area contributed by atoms with Crippen molar-refractivity contribution < 1.29 is 4.74 Å². The molecule has 16 heavy (non-hydrogen) atoms. The summed E-state index contributed by atoms with van der Waals surface area (Å²) in [7, 11) is 0. The highest BCUT2D eigenvalue weighted by Crippen LogP contribution is 2.20. The fourth-order valence-corrected chi connectivity index (χ4v) is 1.85. The lowest BCUT2D eigenvalue weighted by Crippen LogP contribution is -2.07. The molecule has 0 aliphatic rings. The molecule has 0 atom stereocenters. The van der Waals surface area contributed by atoms with Crippen LogP contribution in [0.4, 0.5) is 11.4 Å². The van der Waals surface area contributed by atoms with Crippen molar-refractivity contribution in [2.45, 2.75) is 19.8 Å². The fourth-order valence-electron chi connectivity index (χ4n) is 1.34. The minimum Gasteiger partial charge on any atom is -0.397 e. The van der Waals surface area contributed by atoms with Crippen molar-refractivity contribution in [3.63, 3.8) is 0 Å². The van der Waals surface area contributed by atoms with E-state index in [1.165, 1.54) is 0 Å². The summed E-state index contributed by atoms with van der Waals surface area (Å²) in [6, 6.07) is 6.04. The molecule has 0 aromatic heterocycles. The predicted molar refractivity (Wildman–Crippen MR) is 77.8 cm³/mol. The van der Waals surface area contributed by atoms with Crippen LogP contribution in [0.5, 0.6) is 0 Å². The first-order valence-corrected chi connectivity index (χ1v) is 6.68. The Morgan fingerprint density at radius 1 is 1.38 bits per heavy atom. The monoisotopic (exact) mass is 334 g/mol. The summed E-state index contributed by atoms with van der Waals surface area (Å²) < 4.78 is 6.56. The van der Waals surface area contributed by atoms with Gasteiger partial charge in [-0.3, -0.25) is 0 Å². The van der Waals surface area contributed by atoms with Crippen molar-refractivity contribution >= 4 is 34.0 Å². The van der Waals surface area contributed by atoms with Crippen molar-refractivity contribution in [2.24, 2.45) is 0 Å². The summed E-state index contributed by atoms with van der Waals surface area (Å²) in [5.41, 5.74) is 7.70. The standard InChI is InChI=1S/C12H19IN2O/c1-2-7-16-8-3-6-15-12-5-4-10(13)9-11(12)14/h4-5,9,15H,2-3,6-8,14H2,1H3. The molecule has 0 aliphatic carbocycles. The molecular weight excluding hydrogens is 315 g/mol. The van der Waals surface area contributed by atoms with E-state index in [0.29, 0.717) is 0 Å². The van der Waals surface area contributed by atoms with Gasteiger partial charge in [0.1, 0.15) is 0 Å². The first-order valence-electron chi connectivity index (χ1n) is 5.60. The van der Waals surface area contributed by atoms with Gasteiger partial charge in [-0.05, 0) is 53.6 Å². The number of hydrogen-bond donors (Lipinski definition) is 2. The number of hydrogen-bond acceptors (Lipinski definition) is 3. The molecule has 0 radical (unpaired) electrons. The number of nitrogens with two attached hydrogens (primary N) is 1. The van der Waals surface area contributed by atoms with E-state index < -0.39 is 0 Å². The average molecular weight is 334 g/mol. The second kappa shape index (κ2) is 7.73. The van der Waals surface area contributed by atoms with Crippen LogP contribution in [0.25, 0.3) is 0 Å². The number of nitrogen functional groups attached to an aromatic ring is 1. The summed E-state index contributed by atoms with van der Waals surface area (Å²) in [5.74, 6) is 0. The van der Waals surface area contributed by atoms with Crippen LogP contribution in [-0.4, -0.2) is 19.8 Å². The molecule has 90 valence electrons. The molecule has 1 aromatic rings. The van der Waals surface area contributed by atoms with Gasteiger partial charge in [0.05, 0.1) is 11.4 Å². The van der Waals surface area contributed by atoms with Gasteiger partial charge in [-0.2, -0.15) is 0 Å². The lowest BCUT2D eigenvalue weighted by Gasteiger charge is -2.09. The Labute approximate surface area is 111 Å². The lowest BCUT2D eigenvalue weighted by molar-refractivity contribution is 0.134. The molecule has 3 N–H and O–H groups in total. The van der Waals surface area contributed by atoms with Gasteiger partial charge >= 0.3 is 0 Å². The molecule has 0 bridgehead atoms. The number of benzene rings is 1. The Morgan fingerprint density at radius 2 is 2.19 bits per heavy atom. The van der Waals surface area contributed by atoms with Crippen molar-refractivity contribution in [2.75, 3.05) is 30.8 Å². The van der Waals surface area contributed by atoms with Crippen LogP contribution in [0.1, 0.15) is 19.8 Å². The SMILES string of the molecule is CCCOCCCNc1ccc(I)cc1N. The highest BCUT2D eigenvalue weighted by Gasteiger charge is 1.98. The minimum atomic E-state index is 0.807. The third-order valence-electron chi connectivity index (χ3n) is 2.14. The second-order valence-electron chi connectivity index (χ2n) is 3.62. The van der Waals surface area contributed by atoms with Gasteiger partial charge in [0.25, 0.3) is 0 Å². The smallest absolute Gasteiger partial charge is 0.0574 e. The Kier molecular flexibility index (Phi) is 6.56. The topological polar surface area (TPSA) is 47.3 Å². The van der Waals surface area contributed by atoms with Crippen LogP contribution < -0.4 is 11.1 Å². The Morgan fingerprint density at radius 3 is 2.88 bits per heavy atom. The Hall–Kier alpha value is -0.490. The van der Waals surface area contributed by atoms with E-state index in [2.05, 4.69) is 34.8 Å². The van der Waals surface area contributed by atoms with Gasteiger partial charge < -0.3 is 15.8 Å². The summed E-state index contributed by atoms with van der Waals surface area (Å²) >= 11 is 2.25. The van der Waals surface area contributed by atoms with Gasteiger partial charge in [0, 0.05) is 23.3 Å². The van der Waals surface area contributed by atoms with Crippen LogP contribution in [-0.2, 0) is 4.74 Å². The number of halogens is 1. The zero-order chi connectivity index (χ0) is 11.8. The number of ether oxygens (including phenoxy) is 1. The number of nitrogens with one attached hydrogen (secondary N) is 1. The van der Waals surface area contributed by atoms with Gasteiger partial charge in [-0.15, -0.1) is 0 Å². The van der Waals surface area contributed by atoms with Crippen molar-refractivity contribution in [1.82, 2.24) is 0 Å². The number of anilines is 2. The lowest BCUT2D eigenvalue weighted by atomic mass is 10.2. The summed E-state index contributed by atoms with van der Waals surface area (Å²) in [5, 5.41) is 3.31. The molecule has 0 heterocycles. The van der Waals surface area contributed by atoms with E-state index in [9.17, 15) is 0 Å². The van der Waals surface area contributed by atoms with Crippen LogP contribution in [0.15, 0.2) is 18.2 Å². The molecule has 1 rings (SSSR count). The van der Waals surface area contributed by atoms with Crippen molar-refractivity contribution in [3.8, 4) is 0 Å². The van der Waals surface area contributed by atoms with Crippen LogP contribution in [0, 0.1) is 3.57 Å². The van der Waals surface area contributed by atoms with Crippen LogP contribution >= 0.6 is 22.6 Å². The van der Waals surface area contributed by atoms with E-state index in [1.54, 1.807) is 0 Å². The van der Waals surface area contributed by atoms with Crippen molar-refractivity contribution in [3.05, 3.63) is 21.8 Å². The van der Waals surface area contributed by atoms with Crippen LogP contribution in [0.3, 0.4) is 0 Å². The summed E-state index contributed by atoms with van der Waals surface area (Å²) in [6.45, 7) is 4.68. The highest BCUT2D eigenvalue weighted by atomic mass is 127. The van der Waals surface area contributed by atoms with E-state index in [-0.39, 0.29) is 0 Å². The summed E-state index contributed by atoms with van der Waals surface area (Å²) in [4.78, 5) is 0. The zero-order valence-electron chi connectivity index (χ0n) is 9.63. The number of rotatable bonds is 7. The van der Waals surface area contributed by atoms with E-state index >= 15 is 0 Å². The molecule has 1 aromatic carbocycles. The molecule has 3 nitrogen and oxygen atoms in total. The normalized spacial score (nSPS) is 10.4. The molecule has 0 saturated carbocycles. The third kappa shape index (κ3) is 5.03. The fraction of sp³-hybridized carbons (Fsp3) is 0.500. The van der Waals surface area contributed by atoms with Crippen LogP contribution in [0.2, 0.25) is 0 Å². The minimum absolute atomic E-state index is 0.807. The summed E-state index contributed by atoms with van der Waals surface area (Å²) in [6.07, 6.45) is 2.09. The van der Waals surface area contributed by atoms with Gasteiger partial charge in [-0.25, -0.2) is 0 Å². The first kappa shape index (κ1) is 13.6. The molecule has 0 fully saturated rings. The van der Waals surface area contributed by atoms with E-state index in [4.69, 9.17) is 10.5 Å². The van der Waals surface area contributed by atoms with Gasteiger partial charge in [0.15, 0.2) is 0 Å². The maximum Gasteiger partial charge on any atom is 0.0574 e. The van der Waals surface area contributed by atoms with Gasteiger partial charge in [0.2, 0.25) is 0 Å². The second-order valence-corrected chi connectivity index (χ2v) is 4.87. The largest absolute Gasteiger partial charge is 0.397 e. The molecule has 0 amide bonds. The van der Waals surface area contributed by atoms with Crippen molar-refractivity contribution in [1.29, 1.82) is 0 Å². The van der Waals surface area contributed by atoms with E-state index in [0.717, 1.165) is 47.5 Å². The quantitative estimate of drug-likeness (QED) is 0.458.